The Hall–Kier alpha value is -1.13. The van der Waals surface area contributed by atoms with Gasteiger partial charge in [-0.3, -0.25) is 0 Å². The summed E-state index contributed by atoms with van der Waals surface area (Å²) >= 11 is 0. The molecular weight excluding hydrogens is 231 g/mol. The highest BCUT2D eigenvalue weighted by atomic mass is 19.1. The van der Waals surface area contributed by atoms with Crippen molar-refractivity contribution in [3.8, 4) is 0 Å². The Morgan fingerprint density at radius 3 is 2.78 bits per heavy atom. The Morgan fingerprint density at radius 1 is 1.44 bits per heavy atom. The van der Waals surface area contributed by atoms with Crippen LogP contribution < -0.4 is 11.1 Å². The van der Waals surface area contributed by atoms with E-state index in [9.17, 15) is 4.39 Å². The number of nitrogens with two attached hydrogens (primary N) is 1. The van der Waals surface area contributed by atoms with Gasteiger partial charge in [-0.15, -0.1) is 0 Å². The fourth-order valence-corrected chi connectivity index (χ4v) is 2.70. The lowest BCUT2D eigenvalue weighted by atomic mass is 9.80. The summed E-state index contributed by atoms with van der Waals surface area (Å²) in [5, 5.41) is 3.46. The minimum atomic E-state index is -0.222. The number of halogens is 1. The van der Waals surface area contributed by atoms with Gasteiger partial charge in [0.25, 0.3) is 0 Å². The molecule has 0 saturated heterocycles. The smallest absolute Gasteiger partial charge is 0.123 e. The molecule has 1 saturated carbocycles. The van der Waals surface area contributed by atoms with Gasteiger partial charge >= 0.3 is 0 Å². The number of ether oxygens (including phenoxy) is 1. The minimum Gasteiger partial charge on any atom is -0.381 e. The third-order valence-corrected chi connectivity index (χ3v) is 3.78. The second kappa shape index (κ2) is 5.67. The second-order valence-electron chi connectivity index (χ2n) is 5.07. The molecule has 0 radical (unpaired) electrons. The molecule has 0 spiro atoms. The van der Waals surface area contributed by atoms with E-state index >= 15 is 0 Å². The highest BCUT2D eigenvalue weighted by molar-refractivity contribution is 5.46. The maximum absolute atomic E-state index is 12.9. The van der Waals surface area contributed by atoms with Crippen LogP contribution in [-0.2, 0) is 4.74 Å². The second-order valence-corrected chi connectivity index (χ2v) is 5.07. The number of anilines is 1. The molecule has 3 N–H and O–H groups in total. The van der Waals surface area contributed by atoms with Gasteiger partial charge in [0.1, 0.15) is 5.82 Å². The van der Waals surface area contributed by atoms with Crippen LogP contribution in [0.5, 0.6) is 0 Å². The van der Waals surface area contributed by atoms with E-state index in [1.807, 2.05) is 0 Å². The third kappa shape index (κ3) is 3.00. The van der Waals surface area contributed by atoms with Crippen molar-refractivity contribution in [2.24, 2.45) is 5.73 Å². The first-order chi connectivity index (χ1) is 8.67. The topological polar surface area (TPSA) is 47.3 Å². The summed E-state index contributed by atoms with van der Waals surface area (Å²) in [6.07, 6.45) is 4.38. The zero-order chi connectivity index (χ0) is 13.0. The average Bonchev–Trinajstić information content (AvgIpc) is 2.42. The van der Waals surface area contributed by atoms with Crippen LogP contribution >= 0.6 is 0 Å². The summed E-state index contributed by atoms with van der Waals surface area (Å²) in [6.45, 7) is 0.560. The molecule has 0 aromatic heterocycles. The molecule has 1 aliphatic rings. The maximum atomic E-state index is 12.9. The van der Waals surface area contributed by atoms with Crippen LogP contribution in [0.2, 0.25) is 0 Å². The van der Waals surface area contributed by atoms with Crippen LogP contribution in [0.15, 0.2) is 24.3 Å². The summed E-state index contributed by atoms with van der Waals surface area (Å²) < 4.78 is 18.3. The number of hydrogen-bond donors (Lipinski definition) is 2. The van der Waals surface area contributed by atoms with E-state index in [-0.39, 0.29) is 17.5 Å². The average molecular weight is 252 g/mol. The number of rotatable bonds is 4. The van der Waals surface area contributed by atoms with Gasteiger partial charge in [-0.25, -0.2) is 4.39 Å². The van der Waals surface area contributed by atoms with Gasteiger partial charge in [-0.2, -0.15) is 0 Å². The van der Waals surface area contributed by atoms with E-state index in [2.05, 4.69) is 5.32 Å². The molecule has 0 heterocycles. The highest BCUT2D eigenvalue weighted by Crippen LogP contribution is 2.32. The molecule has 1 fully saturated rings. The molecule has 2 rings (SSSR count). The fourth-order valence-electron chi connectivity index (χ4n) is 2.70. The lowest BCUT2D eigenvalue weighted by Gasteiger charge is -2.41. The summed E-state index contributed by atoms with van der Waals surface area (Å²) in [6, 6.07) is 6.43. The maximum Gasteiger partial charge on any atom is 0.123 e. The first kappa shape index (κ1) is 13.3. The van der Waals surface area contributed by atoms with Gasteiger partial charge in [0.2, 0.25) is 0 Å². The predicted octanol–water partition coefficient (Wildman–Crippen LogP) is 2.52. The van der Waals surface area contributed by atoms with Gasteiger partial charge in [0, 0.05) is 19.3 Å². The van der Waals surface area contributed by atoms with Crippen molar-refractivity contribution < 1.29 is 9.13 Å². The normalized spacial score (nSPS) is 28.1. The van der Waals surface area contributed by atoms with E-state index < -0.39 is 0 Å². The summed E-state index contributed by atoms with van der Waals surface area (Å²) in [7, 11) is 1.75. The molecule has 0 bridgehead atoms. The summed E-state index contributed by atoms with van der Waals surface area (Å²) in [5.41, 5.74) is 6.73. The SMILES string of the molecule is COC1CCCC(CN)(Nc2ccc(F)cc2)C1. The van der Waals surface area contributed by atoms with Crippen LogP contribution in [0, 0.1) is 5.82 Å². The Morgan fingerprint density at radius 2 is 2.17 bits per heavy atom. The zero-order valence-corrected chi connectivity index (χ0v) is 10.8. The van der Waals surface area contributed by atoms with Gasteiger partial charge in [-0.05, 0) is 49.9 Å². The van der Waals surface area contributed by atoms with Gasteiger partial charge in [0.05, 0.1) is 11.6 Å². The highest BCUT2D eigenvalue weighted by Gasteiger charge is 2.35. The van der Waals surface area contributed by atoms with Gasteiger partial charge < -0.3 is 15.8 Å². The van der Waals surface area contributed by atoms with Crippen LogP contribution in [0.25, 0.3) is 0 Å². The monoisotopic (exact) mass is 252 g/mol. The van der Waals surface area contributed by atoms with Crippen LogP contribution in [0.1, 0.15) is 25.7 Å². The summed E-state index contributed by atoms with van der Waals surface area (Å²) in [4.78, 5) is 0. The molecule has 1 aliphatic carbocycles. The number of hydrogen-bond acceptors (Lipinski definition) is 3. The Balaban J connectivity index is 2.09. The van der Waals surface area contributed by atoms with Crippen molar-refractivity contribution in [3.63, 3.8) is 0 Å². The van der Waals surface area contributed by atoms with E-state index in [1.165, 1.54) is 12.1 Å². The van der Waals surface area contributed by atoms with Crippen molar-refractivity contribution >= 4 is 5.69 Å². The van der Waals surface area contributed by atoms with E-state index in [1.54, 1.807) is 19.2 Å². The first-order valence-electron chi connectivity index (χ1n) is 6.44. The van der Waals surface area contributed by atoms with Crippen LogP contribution in [0.3, 0.4) is 0 Å². The zero-order valence-electron chi connectivity index (χ0n) is 10.8. The van der Waals surface area contributed by atoms with E-state index in [0.29, 0.717) is 6.54 Å². The fraction of sp³-hybridized carbons (Fsp3) is 0.571. The lowest BCUT2D eigenvalue weighted by molar-refractivity contribution is 0.0483. The molecule has 1 aromatic carbocycles. The molecular formula is C14H21FN2O. The molecule has 18 heavy (non-hydrogen) atoms. The van der Waals surface area contributed by atoms with Gasteiger partial charge in [-0.1, -0.05) is 0 Å². The minimum absolute atomic E-state index is 0.128. The number of nitrogens with one attached hydrogen (secondary N) is 1. The Bertz CT molecular complexity index is 382. The molecule has 4 heteroatoms. The largest absolute Gasteiger partial charge is 0.381 e. The number of benzene rings is 1. The molecule has 2 unspecified atom stereocenters. The molecule has 0 amide bonds. The van der Waals surface area contributed by atoms with Crippen LogP contribution in [0.4, 0.5) is 10.1 Å². The lowest BCUT2D eigenvalue weighted by Crippen LogP contribution is -2.50. The quantitative estimate of drug-likeness (QED) is 0.865. The Labute approximate surface area is 108 Å². The molecule has 2 atom stereocenters. The molecule has 3 nitrogen and oxygen atoms in total. The molecule has 1 aromatic rings. The van der Waals surface area contributed by atoms with Crippen molar-refractivity contribution in [3.05, 3.63) is 30.1 Å². The van der Waals surface area contributed by atoms with Crippen molar-refractivity contribution in [1.82, 2.24) is 0 Å². The summed E-state index contributed by atoms with van der Waals surface area (Å²) in [5.74, 6) is -0.222. The third-order valence-electron chi connectivity index (χ3n) is 3.78. The van der Waals surface area contributed by atoms with Crippen molar-refractivity contribution in [2.75, 3.05) is 19.0 Å². The van der Waals surface area contributed by atoms with E-state index in [0.717, 1.165) is 31.4 Å². The van der Waals surface area contributed by atoms with Crippen molar-refractivity contribution in [1.29, 1.82) is 0 Å². The van der Waals surface area contributed by atoms with Crippen LogP contribution in [-0.4, -0.2) is 25.3 Å². The number of methoxy groups -OCH3 is 1. The van der Waals surface area contributed by atoms with Gasteiger partial charge in [0.15, 0.2) is 0 Å². The van der Waals surface area contributed by atoms with E-state index in [4.69, 9.17) is 10.5 Å². The van der Waals surface area contributed by atoms with Crippen molar-refractivity contribution in [2.45, 2.75) is 37.3 Å². The molecule has 0 aliphatic heterocycles. The molecule has 100 valence electrons. The Kier molecular flexibility index (Phi) is 4.19. The first-order valence-corrected chi connectivity index (χ1v) is 6.44. The predicted molar refractivity (Wildman–Crippen MR) is 71.1 cm³/mol. The standard InChI is InChI=1S/C14H21FN2O/c1-18-13-3-2-8-14(9-13,10-16)17-12-6-4-11(15)5-7-12/h4-7,13,17H,2-3,8-10,16H2,1H3.